The lowest BCUT2D eigenvalue weighted by Crippen LogP contribution is -2.11. The first-order chi connectivity index (χ1) is 5.88. The van der Waals surface area contributed by atoms with Gasteiger partial charge in [-0.05, 0) is 18.3 Å². The molecule has 0 aromatic carbocycles. The topological polar surface area (TPSA) is 20.2 Å². The van der Waals surface area contributed by atoms with Gasteiger partial charge in [0, 0.05) is 6.61 Å². The van der Waals surface area contributed by atoms with Crippen molar-refractivity contribution in [1.29, 1.82) is 0 Å². The number of hydrogen-bond acceptors (Lipinski definition) is 1. The van der Waals surface area contributed by atoms with E-state index < -0.39 is 0 Å². The summed E-state index contributed by atoms with van der Waals surface area (Å²) < 4.78 is 0. The molecule has 1 aliphatic rings. The minimum atomic E-state index is 0.412. The minimum Gasteiger partial charge on any atom is -0.396 e. The van der Waals surface area contributed by atoms with Crippen LogP contribution >= 0.6 is 0 Å². The molecule has 0 saturated heterocycles. The SMILES string of the molecule is [CH2]CCCCC1CCCC1CO. The maximum atomic E-state index is 9.08. The molecule has 1 rings (SSSR count). The van der Waals surface area contributed by atoms with Gasteiger partial charge in [-0.2, -0.15) is 0 Å². The second kappa shape index (κ2) is 5.58. The van der Waals surface area contributed by atoms with Crippen molar-refractivity contribution >= 4 is 0 Å². The predicted octanol–water partition coefficient (Wildman–Crippen LogP) is 2.79. The molecule has 1 nitrogen and oxygen atoms in total. The van der Waals surface area contributed by atoms with E-state index in [0.29, 0.717) is 12.5 Å². The van der Waals surface area contributed by atoms with Gasteiger partial charge in [0.1, 0.15) is 0 Å². The molecule has 0 aromatic rings. The van der Waals surface area contributed by atoms with Crippen molar-refractivity contribution in [2.24, 2.45) is 11.8 Å². The van der Waals surface area contributed by atoms with Gasteiger partial charge in [-0.15, -0.1) is 0 Å². The van der Waals surface area contributed by atoms with E-state index in [-0.39, 0.29) is 0 Å². The van der Waals surface area contributed by atoms with E-state index in [2.05, 4.69) is 6.92 Å². The number of hydrogen-bond donors (Lipinski definition) is 1. The normalized spacial score (nSPS) is 29.5. The number of rotatable bonds is 5. The fourth-order valence-electron chi connectivity index (χ4n) is 2.32. The summed E-state index contributed by atoms with van der Waals surface area (Å²) in [5, 5.41) is 9.08. The zero-order chi connectivity index (χ0) is 8.81. The van der Waals surface area contributed by atoms with Crippen LogP contribution in [0.25, 0.3) is 0 Å². The Balaban J connectivity index is 2.12. The Morgan fingerprint density at radius 2 is 1.92 bits per heavy atom. The molecule has 0 bridgehead atoms. The molecule has 0 aliphatic heterocycles. The van der Waals surface area contributed by atoms with Crippen LogP contribution in [-0.2, 0) is 0 Å². The highest BCUT2D eigenvalue weighted by Gasteiger charge is 2.25. The molecule has 0 spiro atoms. The summed E-state index contributed by atoms with van der Waals surface area (Å²) in [6.45, 7) is 4.25. The van der Waals surface area contributed by atoms with Crippen molar-refractivity contribution in [1.82, 2.24) is 0 Å². The Bertz CT molecular complexity index is 112. The van der Waals surface area contributed by atoms with E-state index in [0.717, 1.165) is 12.3 Å². The maximum absolute atomic E-state index is 9.08. The standard InChI is InChI=1S/C11H21O/c1-2-3-4-6-10-7-5-8-11(10)9-12/h10-12H,1-9H2. The molecule has 1 fully saturated rings. The summed E-state index contributed by atoms with van der Waals surface area (Å²) in [4.78, 5) is 0. The van der Waals surface area contributed by atoms with Crippen LogP contribution in [0.5, 0.6) is 0 Å². The van der Waals surface area contributed by atoms with E-state index in [1.807, 2.05) is 0 Å². The van der Waals surface area contributed by atoms with Crippen molar-refractivity contribution in [3.63, 3.8) is 0 Å². The Hall–Kier alpha value is -0.0400. The lowest BCUT2D eigenvalue weighted by Gasteiger charge is -2.16. The fourth-order valence-corrected chi connectivity index (χ4v) is 2.32. The summed E-state index contributed by atoms with van der Waals surface area (Å²) in [5.41, 5.74) is 0. The molecule has 1 heteroatoms. The van der Waals surface area contributed by atoms with Gasteiger partial charge in [-0.3, -0.25) is 0 Å². The third-order valence-corrected chi connectivity index (χ3v) is 3.13. The molecule has 0 aromatic heterocycles. The predicted molar refractivity (Wildman–Crippen MR) is 51.7 cm³/mol. The number of aliphatic hydroxyl groups excluding tert-OH is 1. The molecule has 1 radical (unpaired) electrons. The molecule has 71 valence electrons. The average molecular weight is 169 g/mol. The maximum Gasteiger partial charge on any atom is 0.0461 e. The zero-order valence-corrected chi connectivity index (χ0v) is 7.97. The average Bonchev–Trinajstić information content (AvgIpc) is 2.52. The molecule has 12 heavy (non-hydrogen) atoms. The van der Waals surface area contributed by atoms with Crippen LogP contribution in [0, 0.1) is 18.8 Å². The van der Waals surface area contributed by atoms with Gasteiger partial charge in [-0.25, -0.2) is 0 Å². The molecule has 1 saturated carbocycles. The largest absolute Gasteiger partial charge is 0.396 e. The molecule has 1 aliphatic carbocycles. The second-order valence-corrected chi connectivity index (χ2v) is 3.98. The highest BCUT2D eigenvalue weighted by Crippen LogP contribution is 2.34. The Morgan fingerprint density at radius 1 is 1.17 bits per heavy atom. The van der Waals surface area contributed by atoms with Gasteiger partial charge in [-0.1, -0.05) is 45.4 Å². The van der Waals surface area contributed by atoms with Crippen molar-refractivity contribution in [2.45, 2.75) is 44.9 Å². The molecule has 1 N–H and O–H groups in total. The molecular weight excluding hydrogens is 148 g/mol. The molecule has 2 unspecified atom stereocenters. The third kappa shape index (κ3) is 2.78. The van der Waals surface area contributed by atoms with Gasteiger partial charge in [0.15, 0.2) is 0 Å². The lowest BCUT2D eigenvalue weighted by molar-refractivity contribution is 0.188. The van der Waals surface area contributed by atoms with Crippen LogP contribution < -0.4 is 0 Å². The van der Waals surface area contributed by atoms with Crippen LogP contribution in [0.3, 0.4) is 0 Å². The van der Waals surface area contributed by atoms with Gasteiger partial charge in [0.2, 0.25) is 0 Å². The van der Waals surface area contributed by atoms with Gasteiger partial charge in [0.05, 0.1) is 0 Å². The van der Waals surface area contributed by atoms with E-state index in [1.54, 1.807) is 0 Å². The van der Waals surface area contributed by atoms with Gasteiger partial charge in [0.25, 0.3) is 0 Å². The van der Waals surface area contributed by atoms with E-state index in [4.69, 9.17) is 5.11 Å². The molecular formula is C11H21O. The smallest absolute Gasteiger partial charge is 0.0461 e. The first kappa shape index (κ1) is 10.0. The Kier molecular flexibility index (Phi) is 4.67. The molecule has 0 heterocycles. The highest BCUT2D eigenvalue weighted by molar-refractivity contribution is 4.76. The van der Waals surface area contributed by atoms with Gasteiger partial charge >= 0.3 is 0 Å². The van der Waals surface area contributed by atoms with Crippen molar-refractivity contribution in [3.05, 3.63) is 6.92 Å². The van der Waals surface area contributed by atoms with Crippen LogP contribution in [0.2, 0.25) is 0 Å². The quantitative estimate of drug-likeness (QED) is 0.627. The van der Waals surface area contributed by atoms with E-state index in [9.17, 15) is 0 Å². The first-order valence-corrected chi connectivity index (χ1v) is 5.28. The number of unbranched alkanes of at least 4 members (excludes halogenated alkanes) is 2. The van der Waals surface area contributed by atoms with Crippen LogP contribution in [0.4, 0.5) is 0 Å². The fraction of sp³-hybridized carbons (Fsp3) is 0.909. The zero-order valence-electron chi connectivity index (χ0n) is 7.97. The van der Waals surface area contributed by atoms with Crippen LogP contribution in [-0.4, -0.2) is 11.7 Å². The monoisotopic (exact) mass is 169 g/mol. The van der Waals surface area contributed by atoms with E-state index in [1.165, 1.54) is 38.5 Å². The highest BCUT2D eigenvalue weighted by atomic mass is 16.3. The first-order valence-electron chi connectivity index (χ1n) is 5.28. The molecule has 2 atom stereocenters. The van der Waals surface area contributed by atoms with Gasteiger partial charge < -0.3 is 5.11 Å². The summed E-state index contributed by atoms with van der Waals surface area (Å²) >= 11 is 0. The van der Waals surface area contributed by atoms with Crippen LogP contribution in [0.1, 0.15) is 44.9 Å². The Labute approximate surface area is 76.2 Å². The van der Waals surface area contributed by atoms with Crippen molar-refractivity contribution < 1.29 is 5.11 Å². The van der Waals surface area contributed by atoms with Crippen molar-refractivity contribution in [3.8, 4) is 0 Å². The van der Waals surface area contributed by atoms with Crippen molar-refractivity contribution in [2.75, 3.05) is 6.61 Å². The molecule has 0 amide bonds. The number of aliphatic hydroxyl groups is 1. The van der Waals surface area contributed by atoms with Crippen LogP contribution in [0.15, 0.2) is 0 Å². The second-order valence-electron chi connectivity index (χ2n) is 3.98. The minimum absolute atomic E-state index is 0.412. The van der Waals surface area contributed by atoms with E-state index >= 15 is 0 Å². The third-order valence-electron chi connectivity index (χ3n) is 3.13. The Morgan fingerprint density at radius 3 is 2.58 bits per heavy atom. The summed E-state index contributed by atoms with van der Waals surface area (Å²) in [6, 6.07) is 0. The summed E-state index contributed by atoms with van der Waals surface area (Å²) in [5.74, 6) is 1.44. The summed E-state index contributed by atoms with van der Waals surface area (Å²) in [7, 11) is 0. The lowest BCUT2D eigenvalue weighted by atomic mass is 9.91. The summed E-state index contributed by atoms with van der Waals surface area (Å²) in [6.07, 6.45) is 8.89.